The molecule has 6 nitrogen and oxygen atoms in total. The number of benzene rings is 1. The van der Waals surface area contributed by atoms with Gasteiger partial charge in [0.25, 0.3) is 0 Å². The molecule has 1 aromatic carbocycles. The molecule has 0 bridgehead atoms. The molecule has 2 aliphatic rings. The number of aryl methyl sites for hydroxylation is 1. The van der Waals surface area contributed by atoms with Gasteiger partial charge in [-0.1, -0.05) is 30.3 Å². The number of nitrogens with zero attached hydrogens (tertiary/aromatic N) is 3. The van der Waals surface area contributed by atoms with Crippen LogP contribution in [0.2, 0.25) is 0 Å². The SMILES string of the molecule is Cn1cc(S(=O)(=O)N2CC3(CCOCC3)C2c2ccccc2)cn1. The molecule has 2 aromatic rings. The Hall–Kier alpha value is -1.70. The molecule has 128 valence electrons. The second-order valence-corrected chi connectivity index (χ2v) is 8.58. The molecule has 2 aliphatic heterocycles. The van der Waals surface area contributed by atoms with Crippen LogP contribution in [0.15, 0.2) is 47.6 Å². The van der Waals surface area contributed by atoms with Crippen LogP contribution >= 0.6 is 0 Å². The average Bonchev–Trinajstić information content (AvgIpc) is 3.02. The largest absolute Gasteiger partial charge is 0.381 e. The van der Waals surface area contributed by atoms with E-state index < -0.39 is 10.0 Å². The third-order valence-corrected chi connectivity index (χ3v) is 6.99. The standard InChI is InChI=1S/C17H21N3O3S/c1-19-12-15(11-18-19)24(21,22)20-13-17(7-9-23-10-8-17)16(20)14-5-3-2-4-6-14/h2-6,11-12,16H,7-10,13H2,1H3. The van der Waals surface area contributed by atoms with E-state index in [4.69, 9.17) is 4.74 Å². The van der Waals surface area contributed by atoms with Crippen LogP contribution in [0, 0.1) is 5.41 Å². The van der Waals surface area contributed by atoms with Gasteiger partial charge < -0.3 is 4.74 Å². The summed E-state index contributed by atoms with van der Waals surface area (Å²) in [6, 6.07) is 9.80. The lowest BCUT2D eigenvalue weighted by atomic mass is 9.65. The van der Waals surface area contributed by atoms with Crippen molar-refractivity contribution in [2.75, 3.05) is 19.8 Å². The minimum Gasteiger partial charge on any atom is -0.381 e. The van der Waals surface area contributed by atoms with E-state index in [0.29, 0.717) is 19.8 Å². The molecule has 0 amide bonds. The normalized spacial score (nSPS) is 24.0. The van der Waals surface area contributed by atoms with E-state index in [1.54, 1.807) is 17.5 Å². The van der Waals surface area contributed by atoms with Crippen LogP contribution in [0.4, 0.5) is 0 Å². The summed E-state index contributed by atoms with van der Waals surface area (Å²) in [5, 5.41) is 4.02. The lowest BCUT2D eigenvalue weighted by molar-refractivity contribution is -0.0952. The molecule has 1 atom stereocenters. The fourth-order valence-corrected chi connectivity index (χ4v) is 5.72. The van der Waals surface area contributed by atoms with Crippen LogP contribution in [-0.4, -0.2) is 42.3 Å². The van der Waals surface area contributed by atoms with Gasteiger partial charge in [0.1, 0.15) is 4.90 Å². The van der Waals surface area contributed by atoms with Gasteiger partial charge in [-0.15, -0.1) is 0 Å². The molecule has 2 saturated heterocycles. The zero-order valence-electron chi connectivity index (χ0n) is 13.6. The summed E-state index contributed by atoms with van der Waals surface area (Å²) in [5.74, 6) is 0. The van der Waals surface area contributed by atoms with Crippen molar-refractivity contribution in [3.8, 4) is 0 Å². The Balaban J connectivity index is 1.73. The van der Waals surface area contributed by atoms with Gasteiger partial charge >= 0.3 is 0 Å². The lowest BCUT2D eigenvalue weighted by Gasteiger charge is -2.58. The van der Waals surface area contributed by atoms with Crippen molar-refractivity contribution in [1.29, 1.82) is 0 Å². The second kappa shape index (κ2) is 5.68. The van der Waals surface area contributed by atoms with Gasteiger partial charge in [0.05, 0.1) is 12.2 Å². The maximum absolute atomic E-state index is 13.1. The van der Waals surface area contributed by atoms with Gasteiger partial charge in [-0.3, -0.25) is 4.68 Å². The molecule has 0 saturated carbocycles. The lowest BCUT2D eigenvalue weighted by Crippen LogP contribution is -2.62. The molecule has 1 spiro atoms. The summed E-state index contributed by atoms with van der Waals surface area (Å²) in [6.07, 6.45) is 4.77. The summed E-state index contributed by atoms with van der Waals surface area (Å²) in [7, 11) is -1.82. The number of aromatic nitrogens is 2. The maximum Gasteiger partial charge on any atom is 0.246 e. The Labute approximate surface area is 142 Å². The predicted molar refractivity (Wildman–Crippen MR) is 88.8 cm³/mol. The van der Waals surface area contributed by atoms with E-state index in [1.165, 1.54) is 10.9 Å². The van der Waals surface area contributed by atoms with E-state index in [-0.39, 0.29) is 16.4 Å². The van der Waals surface area contributed by atoms with E-state index in [1.807, 2.05) is 30.3 Å². The fourth-order valence-electron chi connectivity index (χ4n) is 3.94. The molecule has 2 fully saturated rings. The number of hydrogen-bond donors (Lipinski definition) is 0. The van der Waals surface area contributed by atoms with Crippen molar-refractivity contribution in [1.82, 2.24) is 14.1 Å². The van der Waals surface area contributed by atoms with Gasteiger partial charge in [-0.05, 0) is 18.4 Å². The zero-order valence-corrected chi connectivity index (χ0v) is 14.4. The minimum atomic E-state index is -3.54. The van der Waals surface area contributed by atoms with Crippen LogP contribution in [-0.2, 0) is 21.8 Å². The van der Waals surface area contributed by atoms with Gasteiger partial charge in [0, 0.05) is 38.4 Å². The van der Waals surface area contributed by atoms with Crippen LogP contribution in [0.25, 0.3) is 0 Å². The Morgan fingerprint density at radius 3 is 2.54 bits per heavy atom. The second-order valence-electron chi connectivity index (χ2n) is 6.69. The summed E-state index contributed by atoms with van der Waals surface area (Å²) >= 11 is 0. The van der Waals surface area contributed by atoms with Crippen LogP contribution in [0.1, 0.15) is 24.4 Å². The first-order valence-corrected chi connectivity index (χ1v) is 9.60. The van der Waals surface area contributed by atoms with Gasteiger partial charge in [-0.2, -0.15) is 9.40 Å². The molecule has 0 radical (unpaired) electrons. The van der Waals surface area contributed by atoms with Crippen molar-refractivity contribution in [2.45, 2.75) is 23.8 Å². The fraction of sp³-hybridized carbons (Fsp3) is 0.471. The highest BCUT2D eigenvalue weighted by atomic mass is 32.2. The van der Waals surface area contributed by atoms with Crippen LogP contribution in [0.3, 0.4) is 0 Å². The number of hydrogen-bond acceptors (Lipinski definition) is 4. The first-order valence-electron chi connectivity index (χ1n) is 8.16. The Morgan fingerprint density at radius 1 is 1.21 bits per heavy atom. The molecule has 1 unspecified atom stereocenters. The monoisotopic (exact) mass is 347 g/mol. The quantitative estimate of drug-likeness (QED) is 0.851. The van der Waals surface area contributed by atoms with E-state index in [0.717, 1.165) is 18.4 Å². The van der Waals surface area contributed by atoms with Crippen molar-refractivity contribution >= 4 is 10.0 Å². The molecule has 3 heterocycles. The first kappa shape index (κ1) is 15.8. The van der Waals surface area contributed by atoms with Gasteiger partial charge in [0.2, 0.25) is 10.0 Å². The van der Waals surface area contributed by atoms with Crippen molar-refractivity contribution < 1.29 is 13.2 Å². The van der Waals surface area contributed by atoms with E-state index >= 15 is 0 Å². The Bertz CT molecular complexity index is 826. The summed E-state index contributed by atoms with van der Waals surface area (Å²) in [4.78, 5) is 0.257. The van der Waals surface area contributed by atoms with Crippen molar-refractivity contribution in [3.05, 3.63) is 48.3 Å². The average molecular weight is 347 g/mol. The smallest absolute Gasteiger partial charge is 0.246 e. The topological polar surface area (TPSA) is 64.4 Å². The molecule has 7 heteroatoms. The van der Waals surface area contributed by atoms with Gasteiger partial charge in [-0.25, -0.2) is 8.42 Å². The van der Waals surface area contributed by atoms with E-state index in [2.05, 4.69) is 5.10 Å². The number of ether oxygens (including phenoxy) is 1. The zero-order chi connectivity index (χ0) is 16.8. The Kier molecular flexibility index (Phi) is 3.74. The van der Waals surface area contributed by atoms with E-state index in [9.17, 15) is 8.42 Å². The molecule has 0 N–H and O–H groups in total. The highest BCUT2D eigenvalue weighted by Gasteiger charge is 2.57. The minimum absolute atomic E-state index is 0.0190. The molecular formula is C17H21N3O3S. The maximum atomic E-state index is 13.1. The number of rotatable bonds is 3. The highest BCUT2D eigenvalue weighted by Crippen LogP contribution is 2.56. The van der Waals surface area contributed by atoms with Gasteiger partial charge in [0.15, 0.2) is 0 Å². The third kappa shape index (κ3) is 2.39. The molecular weight excluding hydrogens is 326 g/mol. The molecule has 24 heavy (non-hydrogen) atoms. The van der Waals surface area contributed by atoms with Crippen molar-refractivity contribution in [2.24, 2.45) is 12.5 Å². The molecule has 0 aliphatic carbocycles. The summed E-state index contributed by atoms with van der Waals surface area (Å²) in [6.45, 7) is 1.95. The molecule has 1 aromatic heterocycles. The van der Waals surface area contributed by atoms with Crippen LogP contribution < -0.4 is 0 Å². The summed E-state index contributed by atoms with van der Waals surface area (Å²) in [5.41, 5.74) is 1.03. The molecule has 4 rings (SSSR count). The predicted octanol–water partition coefficient (Wildman–Crippen LogP) is 1.96. The Morgan fingerprint density at radius 2 is 1.92 bits per heavy atom. The van der Waals surface area contributed by atoms with Crippen LogP contribution in [0.5, 0.6) is 0 Å². The first-order chi connectivity index (χ1) is 11.5. The third-order valence-electron chi connectivity index (χ3n) is 5.23. The van der Waals surface area contributed by atoms with Crippen molar-refractivity contribution in [3.63, 3.8) is 0 Å². The number of sulfonamides is 1. The highest BCUT2D eigenvalue weighted by molar-refractivity contribution is 7.89. The summed E-state index contributed by atoms with van der Waals surface area (Å²) < 4.78 is 34.8.